The molecule has 3 nitrogen and oxygen atoms in total. The highest BCUT2D eigenvalue weighted by atomic mass is 19.1. The molecule has 1 aromatic carbocycles. The van der Waals surface area contributed by atoms with E-state index in [1.807, 2.05) is 6.07 Å². The zero-order chi connectivity index (χ0) is 11.3. The van der Waals surface area contributed by atoms with Gasteiger partial charge in [-0.05, 0) is 11.1 Å². The van der Waals surface area contributed by atoms with E-state index < -0.39 is 12.6 Å². The summed E-state index contributed by atoms with van der Waals surface area (Å²) in [6.45, 7) is -0.651. The highest BCUT2D eigenvalue weighted by molar-refractivity contribution is 5.76. The zero-order valence-electron chi connectivity index (χ0n) is 8.61. The lowest BCUT2D eigenvalue weighted by Gasteiger charge is -2.15. The lowest BCUT2D eigenvalue weighted by Crippen LogP contribution is -2.27. The quantitative estimate of drug-likeness (QED) is 0.810. The van der Waals surface area contributed by atoms with Crippen LogP contribution in [-0.2, 0) is 17.9 Å². The van der Waals surface area contributed by atoms with Crippen LogP contribution in [0.5, 0.6) is 0 Å². The molecule has 0 aliphatic heterocycles. The fourth-order valence-corrected chi connectivity index (χ4v) is 1.29. The maximum Gasteiger partial charge on any atom is 0.254 e. The Balaban J connectivity index is 2.67. The van der Waals surface area contributed by atoms with E-state index in [2.05, 4.69) is 0 Å². The van der Waals surface area contributed by atoms with E-state index in [0.29, 0.717) is 6.54 Å². The van der Waals surface area contributed by atoms with Crippen molar-refractivity contribution in [2.75, 3.05) is 13.7 Å². The first kappa shape index (κ1) is 11.7. The van der Waals surface area contributed by atoms with Crippen LogP contribution < -0.4 is 0 Å². The number of aliphatic hydroxyl groups is 1. The monoisotopic (exact) mass is 211 g/mol. The molecule has 0 bridgehead atoms. The summed E-state index contributed by atoms with van der Waals surface area (Å²) in [4.78, 5) is 12.3. The first-order valence-corrected chi connectivity index (χ1v) is 4.66. The van der Waals surface area contributed by atoms with Crippen LogP contribution in [0.15, 0.2) is 24.3 Å². The van der Waals surface area contributed by atoms with Crippen molar-refractivity contribution in [2.24, 2.45) is 0 Å². The Hall–Kier alpha value is -1.42. The van der Waals surface area contributed by atoms with Crippen LogP contribution in [0.25, 0.3) is 0 Å². The third kappa shape index (κ3) is 3.32. The molecule has 1 amide bonds. The number of hydrogen-bond acceptors (Lipinski definition) is 2. The number of carbonyl (C=O) groups is 1. The minimum atomic E-state index is -0.976. The van der Waals surface area contributed by atoms with Crippen molar-refractivity contribution in [1.82, 2.24) is 4.90 Å². The molecule has 0 fully saturated rings. The molecule has 15 heavy (non-hydrogen) atoms. The Morgan fingerprint density at radius 1 is 1.47 bits per heavy atom. The van der Waals surface area contributed by atoms with E-state index in [1.54, 1.807) is 25.2 Å². The van der Waals surface area contributed by atoms with Gasteiger partial charge in [-0.15, -0.1) is 0 Å². The van der Waals surface area contributed by atoms with Crippen molar-refractivity contribution in [2.45, 2.75) is 13.2 Å². The van der Waals surface area contributed by atoms with E-state index in [4.69, 9.17) is 5.11 Å². The van der Waals surface area contributed by atoms with Crippen molar-refractivity contribution in [1.29, 1.82) is 0 Å². The lowest BCUT2D eigenvalue weighted by molar-refractivity contribution is -0.131. The molecule has 0 saturated heterocycles. The van der Waals surface area contributed by atoms with Crippen LogP contribution >= 0.6 is 0 Å². The van der Waals surface area contributed by atoms with Crippen LogP contribution in [-0.4, -0.2) is 29.6 Å². The third-order valence-electron chi connectivity index (χ3n) is 2.13. The van der Waals surface area contributed by atoms with Crippen LogP contribution in [0, 0.1) is 0 Å². The van der Waals surface area contributed by atoms with Crippen LogP contribution in [0.3, 0.4) is 0 Å². The second-order valence-corrected chi connectivity index (χ2v) is 3.36. The van der Waals surface area contributed by atoms with E-state index in [-0.39, 0.29) is 6.61 Å². The number of rotatable bonds is 4. The lowest BCUT2D eigenvalue weighted by atomic mass is 10.1. The van der Waals surface area contributed by atoms with Crippen LogP contribution in [0.1, 0.15) is 11.1 Å². The highest BCUT2D eigenvalue weighted by Gasteiger charge is 2.08. The number of halogens is 1. The number of alkyl halides is 1. The standard InChI is InChI=1S/C11H14FNO2/c1-13(11(15)6-12)7-9-3-2-4-10(5-9)8-14/h2-5,14H,6-8H2,1H3. The summed E-state index contributed by atoms with van der Waals surface area (Å²) in [6, 6.07) is 7.22. The molecule has 0 saturated carbocycles. The largest absolute Gasteiger partial charge is 0.392 e. The first-order valence-electron chi connectivity index (χ1n) is 4.66. The molecule has 0 unspecified atom stereocenters. The van der Waals surface area contributed by atoms with Crippen molar-refractivity contribution in [3.63, 3.8) is 0 Å². The molecule has 0 aromatic heterocycles. The molecule has 0 spiro atoms. The van der Waals surface area contributed by atoms with Gasteiger partial charge in [0.05, 0.1) is 6.61 Å². The number of carbonyl (C=O) groups excluding carboxylic acids is 1. The Kier molecular flexibility index (Phi) is 4.24. The zero-order valence-corrected chi connectivity index (χ0v) is 8.61. The van der Waals surface area contributed by atoms with Crippen LogP contribution in [0.4, 0.5) is 4.39 Å². The Bertz CT molecular complexity index is 341. The second-order valence-electron chi connectivity index (χ2n) is 3.36. The number of aliphatic hydroxyl groups excluding tert-OH is 1. The maximum atomic E-state index is 12.1. The molecular weight excluding hydrogens is 197 g/mol. The number of amides is 1. The molecule has 0 heterocycles. The van der Waals surface area contributed by atoms with Gasteiger partial charge in [-0.3, -0.25) is 4.79 Å². The average Bonchev–Trinajstić information content (AvgIpc) is 2.28. The van der Waals surface area contributed by atoms with E-state index in [9.17, 15) is 9.18 Å². The molecule has 0 radical (unpaired) electrons. The van der Waals surface area contributed by atoms with Crippen molar-refractivity contribution >= 4 is 5.91 Å². The molecule has 0 aliphatic carbocycles. The Morgan fingerprint density at radius 3 is 2.73 bits per heavy atom. The Morgan fingerprint density at radius 2 is 2.13 bits per heavy atom. The normalized spacial score (nSPS) is 10.1. The van der Waals surface area contributed by atoms with Crippen LogP contribution in [0.2, 0.25) is 0 Å². The maximum absolute atomic E-state index is 12.1. The van der Waals surface area contributed by atoms with Crippen molar-refractivity contribution in [3.8, 4) is 0 Å². The van der Waals surface area contributed by atoms with Crippen molar-refractivity contribution < 1.29 is 14.3 Å². The predicted molar refractivity (Wildman–Crippen MR) is 54.8 cm³/mol. The number of hydrogen-bond donors (Lipinski definition) is 1. The fourth-order valence-electron chi connectivity index (χ4n) is 1.29. The first-order chi connectivity index (χ1) is 7.17. The fraction of sp³-hybridized carbons (Fsp3) is 0.364. The molecule has 0 atom stereocenters. The van der Waals surface area contributed by atoms with Gasteiger partial charge in [0.2, 0.25) is 0 Å². The van der Waals surface area contributed by atoms with Gasteiger partial charge in [0.1, 0.15) is 0 Å². The van der Waals surface area contributed by atoms with Gasteiger partial charge < -0.3 is 10.0 Å². The van der Waals surface area contributed by atoms with E-state index in [1.165, 1.54) is 4.90 Å². The van der Waals surface area contributed by atoms with Gasteiger partial charge in [-0.2, -0.15) is 0 Å². The third-order valence-corrected chi connectivity index (χ3v) is 2.13. The molecular formula is C11H14FNO2. The smallest absolute Gasteiger partial charge is 0.254 e. The van der Waals surface area contributed by atoms with Gasteiger partial charge in [0, 0.05) is 13.6 Å². The second kappa shape index (κ2) is 5.46. The summed E-state index contributed by atoms with van der Waals surface area (Å²) in [7, 11) is 1.55. The molecule has 4 heteroatoms. The summed E-state index contributed by atoms with van der Waals surface area (Å²) in [5.41, 5.74) is 1.67. The summed E-state index contributed by atoms with van der Waals surface area (Å²) >= 11 is 0. The number of nitrogens with zero attached hydrogens (tertiary/aromatic N) is 1. The molecule has 1 rings (SSSR count). The minimum absolute atomic E-state index is 0.0331. The van der Waals surface area contributed by atoms with Crippen molar-refractivity contribution in [3.05, 3.63) is 35.4 Å². The van der Waals surface area contributed by atoms with Gasteiger partial charge in [-0.1, -0.05) is 24.3 Å². The molecule has 0 aliphatic rings. The van der Waals surface area contributed by atoms with E-state index >= 15 is 0 Å². The summed E-state index contributed by atoms with van der Waals surface area (Å²) in [5.74, 6) is -0.538. The summed E-state index contributed by atoms with van der Waals surface area (Å²) in [6.07, 6.45) is 0. The van der Waals surface area contributed by atoms with Gasteiger partial charge in [-0.25, -0.2) is 4.39 Å². The minimum Gasteiger partial charge on any atom is -0.392 e. The SMILES string of the molecule is CN(Cc1cccc(CO)c1)C(=O)CF. The average molecular weight is 211 g/mol. The highest BCUT2D eigenvalue weighted by Crippen LogP contribution is 2.07. The Labute approximate surface area is 88.1 Å². The topological polar surface area (TPSA) is 40.5 Å². The molecule has 1 aromatic rings. The predicted octanol–water partition coefficient (Wildman–Crippen LogP) is 1.11. The molecule has 82 valence electrons. The number of benzene rings is 1. The van der Waals surface area contributed by atoms with E-state index in [0.717, 1.165) is 11.1 Å². The summed E-state index contributed by atoms with van der Waals surface area (Å²) < 4.78 is 12.1. The molecule has 1 N–H and O–H groups in total. The summed E-state index contributed by atoms with van der Waals surface area (Å²) in [5, 5.41) is 8.91. The van der Waals surface area contributed by atoms with Gasteiger partial charge >= 0.3 is 0 Å². The van der Waals surface area contributed by atoms with Gasteiger partial charge in [0.15, 0.2) is 6.67 Å². The van der Waals surface area contributed by atoms with Gasteiger partial charge in [0.25, 0.3) is 5.91 Å².